The third-order valence-electron chi connectivity index (χ3n) is 6.18. The van der Waals surface area contributed by atoms with Gasteiger partial charge in [-0.25, -0.2) is 4.90 Å². The molecule has 28 heavy (non-hydrogen) atoms. The number of nitrogens with zero attached hydrogens (tertiary/aromatic N) is 2. The highest BCUT2D eigenvalue weighted by molar-refractivity contribution is 5.72. The van der Waals surface area contributed by atoms with Gasteiger partial charge in [0.2, 0.25) is 0 Å². The maximum atomic E-state index is 12.0. The molecule has 0 bridgehead atoms. The monoisotopic (exact) mass is 398 g/mol. The Bertz CT molecular complexity index is 464. The summed E-state index contributed by atoms with van der Waals surface area (Å²) >= 11 is 0. The molecule has 0 N–H and O–H groups in total. The SMILES string of the molecule is CCOC(=O)C1CCC(OC(N2CCCC2)N2CCC[C@@H]2OCCOC)CC1. The zero-order valence-electron chi connectivity index (χ0n) is 17.6. The van der Waals surface area contributed by atoms with E-state index in [1.54, 1.807) is 7.11 Å². The third-order valence-corrected chi connectivity index (χ3v) is 6.18. The number of esters is 1. The molecule has 2 heterocycles. The topological polar surface area (TPSA) is 60.5 Å². The van der Waals surface area contributed by atoms with E-state index < -0.39 is 0 Å². The minimum atomic E-state index is -0.0387. The number of rotatable bonds is 10. The van der Waals surface area contributed by atoms with E-state index in [4.69, 9.17) is 18.9 Å². The summed E-state index contributed by atoms with van der Waals surface area (Å²) in [6.07, 6.45) is 8.54. The molecule has 3 rings (SSSR count). The van der Waals surface area contributed by atoms with Crippen molar-refractivity contribution in [3.63, 3.8) is 0 Å². The first-order valence-electron chi connectivity index (χ1n) is 11.1. The van der Waals surface area contributed by atoms with Crippen LogP contribution >= 0.6 is 0 Å². The molecule has 0 spiro atoms. The maximum Gasteiger partial charge on any atom is 0.308 e. The van der Waals surface area contributed by atoms with Crippen molar-refractivity contribution in [3.05, 3.63) is 0 Å². The highest BCUT2D eigenvalue weighted by atomic mass is 16.6. The van der Waals surface area contributed by atoms with Gasteiger partial charge in [-0.2, -0.15) is 0 Å². The summed E-state index contributed by atoms with van der Waals surface area (Å²) in [4.78, 5) is 16.9. The van der Waals surface area contributed by atoms with E-state index in [-0.39, 0.29) is 30.6 Å². The van der Waals surface area contributed by atoms with E-state index in [0.717, 1.165) is 58.2 Å². The zero-order chi connectivity index (χ0) is 19.8. The fourth-order valence-electron chi connectivity index (χ4n) is 4.66. The second-order valence-corrected chi connectivity index (χ2v) is 8.13. The predicted molar refractivity (Wildman–Crippen MR) is 106 cm³/mol. The van der Waals surface area contributed by atoms with Gasteiger partial charge >= 0.3 is 5.97 Å². The number of carbonyl (C=O) groups excluding carboxylic acids is 1. The molecular weight excluding hydrogens is 360 g/mol. The molecule has 1 unspecified atom stereocenters. The van der Waals surface area contributed by atoms with Crippen LogP contribution in [0, 0.1) is 5.92 Å². The zero-order valence-corrected chi connectivity index (χ0v) is 17.6. The fourth-order valence-corrected chi connectivity index (χ4v) is 4.66. The first-order valence-corrected chi connectivity index (χ1v) is 11.1. The summed E-state index contributed by atoms with van der Waals surface area (Å²) in [6, 6.07) is 0. The first-order chi connectivity index (χ1) is 13.7. The van der Waals surface area contributed by atoms with Gasteiger partial charge in [0.05, 0.1) is 31.8 Å². The van der Waals surface area contributed by atoms with Crippen LogP contribution in [0.2, 0.25) is 0 Å². The van der Waals surface area contributed by atoms with E-state index in [1.807, 2.05) is 6.92 Å². The van der Waals surface area contributed by atoms with Crippen molar-refractivity contribution in [1.29, 1.82) is 0 Å². The summed E-state index contributed by atoms with van der Waals surface area (Å²) in [5.41, 5.74) is 0. The Morgan fingerprint density at radius 2 is 1.75 bits per heavy atom. The van der Waals surface area contributed by atoms with E-state index in [2.05, 4.69) is 9.80 Å². The van der Waals surface area contributed by atoms with Gasteiger partial charge in [0.1, 0.15) is 6.23 Å². The average Bonchev–Trinajstić information content (AvgIpc) is 3.39. The number of hydrogen-bond donors (Lipinski definition) is 0. The van der Waals surface area contributed by atoms with Gasteiger partial charge in [-0.15, -0.1) is 0 Å². The van der Waals surface area contributed by atoms with Crippen molar-refractivity contribution in [2.75, 3.05) is 46.6 Å². The highest BCUT2D eigenvalue weighted by Crippen LogP contribution is 2.32. The van der Waals surface area contributed by atoms with E-state index in [1.165, 1.54) is 12.8 Å². The van der Waals surface area contributed by atoms with Gasteiger partial charge in [0, 0.05) is 26.7 Å². The molecule has 0 amide bonds. The van der Waals surface area contributed by atoms with E-state index >= 15 is 0 Å². The molecule has 2 aliphatic heterocycles. The Morgan fingerprint density at radius 1 is 1.00 bits per heavy atom. The Labute approximate surface area is 169 Å². The summed E-state index contributed by atoms with van der Waals surface area (Å²) in [7, 11) is 1.71. The van der Waals surface area contributed by atoms with Crippen LogP contribution in [-0.4, -0.2) is 81.0 Å². The summed E-state index contributed by atoms with van der Waals surface area (Å²) in [5.74, 6) is 0.00476. The Kier molecular flexibility index (Phi) is 8.99. The van der Waals surface area contributed by atoms with Crippen LogP contribution in [0.5, 0.6) is 0 Å². The molecule has 7 heteroatoms. The Hall–Kier alpha value is -0.730. The molecule has 0 aromatic heterocycles. The molecule has 1 aliphatic carbocycles. The molecule has 0 aromatic carbocycles. The van der Waals surface area contributed by atoms with Gasteiger partial charge in [-0.3, -0.25) is 9.69 Å². The van der Waals surface area contributed by atoms with Gasteiger partial charge in [0.25, 0.3) is 0 Å². The minimum absolute atomic E-state index is 0.0123. The van der Waals surface area contributed by atoms with Crippen molar-refractivity contribution >= 4 is 5.97 Å². The minimum Gasteiger partial charge on any atom is -0.466 e. The van der Waals surface area contributed by atoms with Gasteiger partial charge in [0.15, 0.2) is 6.35 Å². The maximum absolute atomic E-state index is 12.0. The number of hydrogen-bond acceptors (Lipinski definition) is 7. The lowest BCUT2D eigenvalue weighted by molar-refractivity contribution is -0.219. The smallest absolute Gasteiger partial charge is 0.308 e. The van der Waals surface area contributed by atoms with Crippen molar-refractivity contribution in [2.24, 2.45) is 5.92 Å². The molecular formula is C21H38N2O5. The molecule has 1 saturated carbocycles. The lowest BCUT2D eigenvalue weighted by atomic mass is 9.87. The van der Waals surface area contributed by atoms with Crippen LogP contribution in [0.15, 0.2) is 0 Å². The lowest BCUT2D eigenvalue weighted by Crippen LogP contribution is -2.53. The van der Waals surface area contributed by atoms with Crippen molar-refractivity contribution in [2.45, 2.75) is 77.0 Å². The van der Waals surface area contributed by atoms with Crippen molar-refractivity contribution in [3.8, 4) is 0 Å². The van der Waals surface area contributed by atoms with Gasteiger partial charge in [-0.05, 0) is 58.3 Å². The highest BCUT2D eigenvalue weighted by Gasteiger charge is 2.39. The molecule has 0 aromatic rings. The van der Waals surface area contributed by atoms with Crippen LogP contribution in [0.3, 0.4) is 0 Å². The quantitative estimate of drug-likeness (QED) is 0.414. The summed E-state index contributed by atoms with van der Waals surface area (Å²) in [6.45, 7) is 6.76. The molecule has 2 saturated heterocycles. The Morgan fingerprint density at radius 3 is 2.43 bits per heavy atom. The van der Waals surface area contributed by atoms with Crippen LogP contribution < -0.4 is 0 Å². The van der Waals surface area contributed by atoms with Crippen molar-refractivity contribution < 1.29 is 23.7 Å². The number of likely N-dealkylation sites (tertiary alicyclic amines) is 2. The number of methoxy groups -OCH3 is 1. The molecule has 162 valence electrons. The van der Waals surface area contributed by atoms with Crippen LogP contribution in [0.4, 0.5) is 0 Å². The fraction of sp³-hybridized carbons (Fsp3) is 0.952. The van der Waals surface area contributed by atoms with Crippen LogP contribution in [0.1, 0.15) is 58.3 Å². The molecule has 0 radical (unpaired) electrons. The van der Waals surface area contributed by atoms with Crippen molar-refractivity contribution in [1.82, 2.24) is 9.80 Å². The number of carbonyl (C=O) groups is 1. The van der Waals surface area contributed by atoms with E-state index in [0.29, 0.717) is 19.8 Å². The van der Waals surface area contributed by atoms with Gasteiger partial charge in [-0.1, -0.05) is 0 Å². The second-order valence-electron chi connectivity index (χ2n) is 8.13. The predicted octanol–water partition coefficient (Wildman–Crippen LogP) is 2.59. The largest absolute Gasteiger partial charge is 0.466 e. The second kappa shape index (κ2) is 11.5. The lowest BCUT2D eigenvalue weighted by Gasteiger charge is -2.41. The molecule has 3 fully saturated rings. The molecule has 2 atom stereocenters. The Balaban J connectivity index is 1.56. The normalized spacial score (nSPS) is 30.6. The third kappa shape index (κ3) is 5.89. The first kappa shape index (κ1) is 22.0. The van der Waals surface area contributed by atoms with Gasteiger partial charge < -0.3 is 18.9 Å². The van der Waals surface area contributed by atoms with Crippen LogP contribution in [0.25, 0.3) is 0 Å². The number of ether oxygens (including phenoxy) is 4. The summed E-state index contributed by atoms with van der Waals surface area (Å²) < 4.78 is 23.1. The average molecular weight is 399 g/mol. The van der Waals surface area contributed by atoms with E-state index in [9.17, 15) is 4.79 Å². The standard InChI is InChI=1S/C21H38N2O5/c1-3-26-20(24)17-8-10-18(11-9-17)28-21(22-12-4-5-13-22)23-14-6-7-19(23)27-16-15-25-2/h17-19,21H,3-16H2,1-2H3/t17?,18?,19-,21?/m0/s1. The summed E-state index contributed by atoms with van der Waals surface area (Å²) in [5, 5.41) is 0. The molecule has 3 aliphatic rings. The van der Waals surface area contributed by atoms with Crippen LogP contribution in [-0.2, 0) is 23.7 Å². The molecule has 7 nitrogen and oxygen atoms in total.